The van der Waals surface area contributed by atoms with Gasteiger partial charge < -0.3 is 15.1 Å². The molecule has 1 fully saturated rings. The zero-order valence-electron chi connectivity index (χ0n) is 13.1. The number of halogens is 1. The van der Waals surface area contributed by atoms with Crippen LogP contribution < -0.4 is 10.2 Å². The number of thiophene rings is 1. The van der Waals surface area contributed by atoms with Crippen molar-refractivity contribution < 1.29 is 14.5 Å². The van der Waals surface area contributed by atoms with Crippen molar-refractivity contribution in [2.24, 2.45) is 0 Å². The first-order chi connectivity index (χ1) is 11.6. The largest absolute Gasteiger partial charge is 0.327 e. The Morgan fingerprint density at radius 3 is 2.50 bits per heavy atom. The van der Waals surface area contributed by atoms with Crippen LogP contribution in [0.4, 0.5) is 5.69 Å². The highest BCUT2D eigenvalue weighted by molar-refractivity contribution is 9.10. The number of quaternary nitrogens is 1. The third kappa shape index (κ3) is 4.43. The van der Waals surface area contributed by atoms with Crippen molar-refractivity contribution in [1.82, 2.24) is 4.90 Å². The summed E-state index contributed by atoms with van der Waals surface area (Å²) in [6.45, 7) is 3.40. The Labute approximate surface area is 153 Å². The molecule has 2 amide bonds. The van der Waals surface area contributed by atoms with Gasteiger partial charge in [0.15, 0.2) is 6.54 Å². The van der Waals surface area contributed by atoms with Gasteiger partial charge in [-0.3, -0.25) is 9.59 Å². The van der Waals surface area contributed by atoms with Crippen molar-refractivity contribution in [3.05, 3.63) is 51.1 Å². The van der Waals surface area contributed by atoms with Gasteiger partial charge in [-0.05, 0) is 35.7 Å². The predicted molar refractivity (Wildman–Crippen MR) is 98.6 cm³/mol. The highest BCUT2D eigenvalue weighted by Crippen LogP contribution is 2.14. The van der Waals surface area contributed by atoms with Gasteiger partial charge in [0.05, 0.1) is 31.1 Å². The molecule has 0 bridgehead atoms. The third-order valence-electron chi connectivity index (χ3n) is 4.03. The molecular formula is C17H19BrN3O2S+. The van der Waals surface area contributed by atoms with E-state index in [2.05, 4.69) is 21.2 Å². The number of benzene rings is 1. The molecule has 0 aliphatic carbocycles. The topological polar surface area (TPSA) is 53.9 Å². The van der Waals surface area contributed by atoms with Crippen molar-refractivity contribution in [3.63, 3.8) is 0 Å². The van der Waals surface area contributed by atoms with E-state index >= 15 is 0 Å². The first-order valence-electron chi connectivity index (χ1n) is 7.83. The van der Waals surface area contributed by atoms with Gasteiger partial charge in [-0.2, -0.15) is 0 Å². The third-order valence-corrected chi connectivity index (χ3v) is 5.41. The van der Waals surface area contributed by atoms with Gasteiger partial charge in [0.1, 0.15) is 0 Å². The summed E-state index contributed by atoms with van der Waals surface area (Å²) >= 11 is 4.85. The number of carbonyl (C=O) groups excluding carboxylic acids is 2. The fourth-order valence-corrected chi connectivity index (χ4v) is 3.68. The lowest BCUT2D eigenvalue weighted by atomic mass is 10.2. The molecule has 1 aliphatic heterocycles. The fourth-order valence-electron chi connectivity index (χ4n) is 2.72. The average molecular weight is 409 g/mol. The number of anilines is 1. The molecule has 7 heteroatoms. The number of hydrogen-bond donors (Lipinski definition) is 2. The molecule has 1 aliphatic rings. The standard InChI is InChI=1S/C17H18BrN3O2S/c18-13-3-5-14(6-4-13)19-16(22)12-20-7-9-21(10-8-20)17(23)15-2-1-11-24-15/h1-6,11H,7-10,12H2,(H,19,22)/p+1. The minimum absolute atomic E-state index is 0.00496. The SMILES string of the molecule is O=C(C[NH+]1CCN(C(=O)c2cccs2)CC1)Nc1ccc(Br)cc1. The molecule has 0 radical (unpaired) electrons. The molecule has 2 N–H and O–H groups in total. The van der Waals surface area contributed by atoms with Crippen LogP contribution in [-0.4, -0.2) is 49.4 Å². The summed E-state index contributed by atoms with van der Waals surface area (Å²) in [6, 6.07) is 11.3. The van der Waals surface area contributed by atoms with Crippen molar-refractivity contribution in [3.8, 4) is 0 Å². The smallest absolute Gasteiger partial charge is 0.279 e. The monoisotopic (exact) mass is 408 g/mol. The molecule has 126 valence electrons. The van der Waals surface area contributed by atoms with Gasteiger partial charge in [-0.1, -0.05) is 22.0 Å². The van der Waals surface area contributed by atoms with Crippen LogP contribution in [0.25, 0.3) is 0 Å². The lowest BCUT2D eigenvalue weighted by Gasteiger charge is -2.31. The molecule has 2 heterocycles. The zero-order valence-corrected chi connectivity index (χ0v) is 15.5. The Morgan fingerprint density at radius 1 is 1.17 bits per heavy atom. The summed E-state index contributed by atoms with van der Waals surface area (Å²) in [6.07, 6.45) is 0. The first kappa shape index (κ1) is 17.1. The number of nitrogens with one attached hydrogen (secondary N) is 2. The summed E-state index contributed by atoms with van der Waals surface area (Å²) in [4.78, 5) is 28.3. The van der Waals surface area contributed by atoms with Crippen LogP contribution >= 0.6 is 27.3 Å². The van der Waals surface area contributed by atoms with Crippen molar-refractivity contribution in [2.45, 2.75) is 0 Å². The Hall–Kier alpha value is -1.70. The van der Waals surface area contributed by atoms with Crippen molar-refractivity contribution >= 4 is 44.8 Å². The fraction of sp³-hybridized carbons (Fsp3) is 0.294. The first-order valence-corrected chi connectivity index (χ1v) is 9.51. The molecule has 1 aromatic carbocycles. The Bertz CT molecular complexity index is 695. The lowest BCUT2D eigenvalue weighted by molar-refractivity contribution is -0.895. The molecule has 0 atom stereocenters. The highest BCUT2D eigenvalue weighted by Gasteiger charge is 2.26. The summed E-state index contributed by atoms with van der Waals surface area (Å²) in [7, 11) is 0. The van der Waals surface area contributed by atoms with E-state index < -0.39 is 0 Å². The molecule has 3 rings (SSSR count). The second kappa shape index (κ2) is 7.92. The molecule has 5 nitrogen and oxygen atoms in total. The summed E-state index contributed by atoms with van der Waals surface area (Å²) in [5, 5.41) is 4.83. The van der Waals surface area contributed by atoms with Gasteiger partial charge in [-0.15, -0.1) is 11.3 Å². The predicted octanol–water partition coefficient (Wildman–Crippen LogP) is 1.49. The number of rotatable bonds is 4. The van der Waals surface area contributed by atoms with Crippen LogP contribution in [0.5, 0.6) is 0 Å². The Balaban J connectivity index is 1.46. The van der Waals surface area contributed by atoms with E-state index in [-0.39, 0.29) is 11.8 Å². The number of amides is 2. The van der Waals surface area contributed by atoms with Crippen LogP contribution in [-0.2, 0) is 4.79 Å². The average Bonchev–Trinajstić information content (AvgIpc) is 3.11. The van der Waals surface area contributed by atoms with Crippen molar-refractivity contribution in [2.75, 3.05) is 38.0 Å². The van der Waals surface area contributed by atoms with Crippen LogP contribution in [0.3, 0.4) is 0 Å². The van der Waals surface area contributed by atoms with E-state index in [0.717, 1.165) is 28.1 Å². The van der Waals surface area contributed by atoms with E-state index in [1.54, 1.807) is 0 Å². The van der Waals surface area contributed by atoms with E-state index in [4.69, 9.17) is 0 Å². The molecular weight excluding hydrogens is 390 g/mol. The van der Waals surface area contributed by atoms with E-state index in [1.807, 2.05) is 46.7 Å². The maximum absolute atomic E-state index is 12.3. The van der Waals surface area contributed by atoms with Gasteiger partial charge >= 0.3 is 0 Å². The second-order valence-corrected chi connectivity index (χ2v) is 7.61. The molecule has 0 unspecified atom stereocenters. The van der Waals surface area contributed by atoms with Crippen molar-refractivity contribution in [1.29, 1.82) is 0 Å². The zero-order chi connectivity index (χ0) is 16.9. The summed E-state index contributed by atoms with van der Waals surface area (Å²) < 4.78 is 0.984. The Kier molecular flexibility index (Phi) is 5.65. The number of nitrogens with zero attached hydrogens (tertiary/aromatic N) is 1. The van der Waals surface area contributed by atoms with Gasteiger partial charge in [-0.25, -0.2) is 0 Å². The van der Waals surface area contributed by atoms with Crippen LogP contribution in [0.1, 0.15) is 9.67 Å². The minimum atomic E-state index is 0.00496. The second-order valence-electron chi connectivity index (χ2n) is 5.75. The van der Waals surface area contributed by atoms with Crippen LogP contribution in [0, 0.1) is 0 Å². The normalized spacial score (nSPS) is 15.3. The maximum Gasteiger partial charge on any atom is 0.279 e. The quantitative estimate of drug-likeness (QED) is 0.804. The van der Waals surface area contributed by atoms with Crippen LogP contribution in [0.2, 0.25) is 0 Å². The van der Waals surface area contributed by atoms with E-state index in [1.165, 1.54) is 16.2 Å². The minimum Gasteiger partial charge on any atom is -0.327 e. The number of piperazine rings is 1. The van der Waals surface area contributed by atoms with Gasteiger partial charge in [0, 0.05) is 10.2 Å². The molecule has 24 heavy (non-hydrogen) atoms. The Morgan fingerprint density at radius 2 is 1.88 bits per heavy atom. The van der Waals surface area contributed by atoms with E-state index in [0.29, 0.717) is 19.6 Å². The lowest BCUT2D eigenvalue weighted by Crippen LogP contribution is -3.15. The summed E-state index contributed by atoms with van der Waals surface area (Å²) in [5.41, 5.74) is 0.800. The van der Waals surface area contributed by atoms with Gasteiger partial charge in [0.25, 0.3) is 11.8 Å². The molecule has 0 saturated carbocycles. The molecule has 0 spiro atoms. The van der Waals surface area contributed by atoms with Crippen LogP contribution in [0.15, 0.2) is 46.3 Å². The van der Waals surface area contributed by atoms with Gasteiger partial charge in [0.2, 0.25) is 0 Å². The number of hydrogen-bond acceptors (Lipinski definition) is 3. The molecule has 1 aromatic heterocycles. The number of carbonyl (C=O) groups is 2. The molecule has 2 aromatic rings. The highest BCUT2D eigenvalue weighted by atomic mass is 79.9. The maximum atomic E-state index is 12.3. The molecule has 1 saturated heterocycles. The summed E-state index contributed by atoms with van der Waals surface area (Å²) in [5.74, 6) is 0.105. The van der Waals surface area contributed by atoms with E-state index in [9.17, 15) is 9.59 Å².